The van der Waals surface area contributed by atoms with Gasteiger partial charge in [0.05, 0.1) is 22.7 Å². The quantitative estimate of drug-likeness (QED) is 0.411. The number of anilines is 3. The maximum atomic E-state index is 12.6. The summed E-state index contributed by atoms with van der Waals surface area (Å²) in [6, 6.07) is 14.1. The highest BCUT2D eigenvalue weighted by Gasteiger charge is 2.22. The Bertz CT molecular complexity index is 1320. The van der Waals surface area contributed by atoms with E-state index in [0.29, 0.717) is 29.4 Å². The normalized spacial score (nSPS) is 15.7. The van der Waals surface area contributed by atoms with Crippen molar-refractivity contribution >= 4 is 33.1 Å². The van der Waals surface area contributed by atoms with Crippen LogP contribution >= 0.6 is 0 Å². The number of ketones is 1. The molecule has 3 aromatic rings. The van der Waals surface area contributed by atoms with Gasteiger partial charge in [0.25, 0.3) is 0 Å². The maximum absolute atomic E-state index is 12.6. The van der Waals surface area contributed by atoms with Crippen molar-refractivity contribution in [2.24, 2.45) is 0 Å². The molecule has 0 bridgehead atoms. The Balaban J connectivity index is 1.26. The van der Waals surface area contributed by atoms with E-state index < -0.39 is 10.0 Å². The SMILES string of the molecule is O=C1CNc2ccccc2-c2nc(Nc3ccc(S(=O)(=O)NCCCN4CCCC4)cc3)ncc21. The zero-order valence-electron chi connectivity index (χ0n) is 19.3. The number of benzene rings is 2. The topological polar surface area (TPSA) is 116 Å². The molecule has 1 saturated heterocycles. The molecule has 0 amide bonds. The minimum atomic E-state index is -3.57. The minimum absolute atomic E-state index is 0.0785. The van der Waals surface area contributed by atoms with Crippen molar-refractivity contribution in [3.63, 3.8) is 0 Å². The van der Waals surface area contributed by atoms with Gasteiger partial charge in [-0.25, -0.2) is 23.1 Å². The summed E-state index contributed by atoms with van der Waals surface area (Å²) in [4.78, 5) is 24.0. The molecule has 0 atom stereocenters. The summed E-state index contributed by atoms with van der Waals surface area (Å²) < 4.78 is 27.9. The third-order valence-electron chi connectivity index (χ3n) is 6.27. The highest BCUT2D eigenvalue weighted by atomic mass is 32.2. The molecule has 0 radical (unpaired) electrons. The number of rotatable bonds is 8. The number of nitrogens with one attached hydrogen (secondary N) is 3. The molecule has 35 heavy (non-hydrogen) atoms. The Morgan fingerprint density at radius 2 is 1.77 bits per heavy atom. The van der Waals surface area contributed by atoms with E-state index in [-0.39, 0.29) is 17.2 Å². The van der Waals surface area contributed by atoms with Gasteiger partial charge in [0.15, 0.2) is 5.78 Å². The molecule has 0 aliphatic carbocycles. The van der Waals surface area contributed by atoms with Crippen molar-refractivity contribution < 1.29 is 13.2 Å². The number of para-hydroxylation sites is 1. The second kappa shape index (κ2) is 10.1. The van der Waals surface area contributed by atoms with E-state index in [1.807, 2.05) is 24.3 Å². The van der Waals surface area contributed by atoms with E-state index in [4.69, 9.17) is 0 Å². The molecule has 0 saturated carbocycles. The Morgan fingerprint density at radius 3 is 2.57 bits per heavy atom. The van der Waals surface area contributed by atoms with Crippen LogP contribution in [-0.4, -0.2) is 61.8 Å². The average Bonchev–Trinajstić information content (AvgIpc) is 3.35. The summed E-state index contributed by atoms with van der Waals surface area (Å²) in [7, 11) is -3.57. The van der Waals surface area contributed by atoms with Crippen molar-refractivity contribution in [1.29, 1.82) is 0 Å². The zero-order valence-corrected chi connectivity index (χ0v) is 20.1. The van der Waals surface area contributed by atoms with Crippen LogP contribution in [0.1, 0.15) is 29.6 Å². The van der Waals surface area contributed by atoms with Crippen LogP contribution < -0.4 is 15.4 Å². The van der Waals surface area contributed by atoms with E-state index in [2.05, 4.69) is 30.2 Å². The van der Waals surface area contributed by atoms with Gasteiger partial charge in [0, 0.05) is 29.7 Å². The van der Waals surface area contributed by atoms with E-state index in [9.17, 15) is 13.2 Å². The molecule has 2 aromatic carbocycles. The van der Waals surface area contributed by atoms with Gasteiger partial charge in [-0.2, -0.15) is 0 Å². The van der Waals surface area contributed by atoms with Gasteiger partial charge in [0.2, 0.25) is 16.0 Å². The molecule has 0 unspecified atom stereocenters. The molecule has 1 fully saturated rings. The fourth-order valence-electron chi connectivity index (χ4n) is 4.41. The summed E-state index contributed by atoms with van der Waals surface area (Å²) in [6.45, 7) is 3.72. The van der Waals surface area contributed by atoms with E-state index in [1.165, 1.54) is 19.0 Å². The number of aromatic nitrogens is 2. The van der Waals surface area contributed by atoms with Crippen LogP contribution in [0.3, 0.4) is 0 Å². The summed E-state index contributed by atoms with van der Waals surface area (Å²) in [5.41, 5.74) is 3.34. The lowest BCUT2D eigenvalue weighted by atomic mass is 10.0. The van der Waals surface area contributed by atoms with Crippen molar-refractivity contribution in [3.8, 4) is 11.3 Å². The number of fused-ring (bicyclic) bond motifs is 3. The van der Waals surface area contributed by atoms with Gasteiger partial charge in [-0.1, -0.05) is 18.2 Å². The van der Waals surface area contributed by atoms with Crippen molar-refractivity contribution in [3.05, 3.63) is 60.3 Å². The summed E-state index contributed by atoms with van der Waals surface area (Å²) in [6.07, 6.45) is 4.77. The monoisotopic (exact) mass is 492 g/mol. The Morgan fingerprint density at radius 1 is 1.00 bits per heavy atom. The number of Topliss-reactive ketones (excluding diaryl/α,β-unsaturated/α-hetero) is 1. The van der Waals surface area contributed by atoms with Crippen LogP contribution in [0.15, 0.2) is 59.6 Å². The molecular weight excluding hydrogens is 464 g/mol. The summed E-state index contributed by atoms with van der Waals surface area (Å²) >= 11 is 0. The van der Waals surface area contributed by atoms with Crippen LogP contribution in [0.4, 0.5) is 17.3 Å². The van der Waals surface area contributed by atoms with Gasteiger partial charge in [-0.05, 0) is 69.2 Å². The van der Waals surface area contributed by atoms with Gasteiger partial charge in [-0.15, -0.1) is 0 Å². The fourth-order valence-corrected chi connectivity index (χ4v) is 5.49. The predicted molar refractivity (Wildman–Crippen MR) is 135 cm³/mol. The van der Waals surface area contributed by atoms with Crippen LogP contribution in [0.2, 0.25) is 0 Å². The average molecular weight is 493 g/mol. The lowest BCUT2D eigenvalue weighted by Gasteiger charge is -2.14. The second-order valence-corrected chi connectivity index (χ2v) is 10.5. The first kappa shape index (κ1) is 23.4. The first-order chi connectivity index (χ1) is 17.0. The van der Waals surface area contributed by atoms with Gasteiger partial charge in [-0.3, -0.25) is 4.79 Å². The number of likely N-dealkylation sites (tertiary alicyclic amines) is 1. The van der Waals surface area contributed by atoms with E-state index in [0.717, 1.165) is 37.3 Å². The van der Waals surface area contributed by atoms with Crippen LogP contribution in [0.5, 0.6) is 0 Å². The molecule has 10 heteroatoms. The minimum Gasteiger partial charge on any atom is -0.377 e. The molecule has 5 rings (SSSR count). The van der Waals surface area contributed by atoms with E-state index in [1.54, 1.807) is 24.3 Å². The Labute approximate surface area is 205 Å². The van der Waals surface area contributed by atoms with Crippen molar-refractivity contribution in [1.82, 2.24) is 19.6 Å². The van der Waals surface area contributed by atoms with Crippen LogP contribution in [-0.2, 0) is 10.0 Å². The first-order valence-corrected chi connectivity index (χ1v) is 13.3. The number of hydrogen-bond acceptors (Lipinski definition) is 8. The standard InChI is InChI=1S/C25H28N6O3S/c32-23-17-26-22-7-2-1-6-20(22)24-21(23)16-27-25(30-24)29-18-8-10-19(11-9-18)35(33,34)28-12-5-15-31-13-3-4-14-31/h1-2,6-11,16,26,28H,3-5,12-15,17H2,(H,27,29,30). The van der Waals surface area contributed by atoms with E-state index >= 15 is 0 Å². The lowest BCUT2D eigenvalue weighted by molar-refractivity contribution is 0.101. The summed E-state index contributed by atoms with van der Waals surface area (Å²) in [5, 5.41) is 6.25. The van der Waals surface area contributed by atoms with Crippen LogP contribution in [0.25, 0.3) is 11.3 Å². The molecule has 3 N–H and O–H groups in total. The summed E-state index contributed by atoms with van der Waals surface area (Å²) in [5.74, 6) is 0.245. The number of nitrogens with zero attached hydrogens (tertiary/aromatic N) is 3. The molecule has 182 valence electrons. The first-order valence-electron chi connectivity index (χ1n) is 11.8. The molecule has 0 spiro atoms. The highest BCUT2D eigenvalue weighted by molar-refractivity contribution is 7.89. The number of sulfonamides is 1. The third-order valence-corrected chi connectivity index (χ3v) is 7.75. The van der Waals surface area contributed by atoms with Gasteiger partial charge < -0.3 is 15.5 Å². The molecular formula is C25H28N6O3S. The number of hydrogen-bond donors (Lipinski definition) is 3. The zero-order chi connectivity index (χ0) is 24.3. The molecule has 1 aromatic heterocycles. The number of carbonyl (C=O) groups excluding carboxylic acids is 1. The Hall–Kier alpha value is -3.34. The van der Waals surface area contributed by atoms with Gasteiger partial charge in [0.1, 0.15) is 0 Å². The molecule has 2 aliphatic rings. The Kier molecular flexibility index (Phi) is 6.76. The highest BCUT2D eigenvalue weighted by Crippen LogP contribution is 2.32. The molecule has 9 nitrogen and oxygen atoms in total. The van der Waals surface area contributed by atoms with Crippen molar-refractivity contribution in [2.75, 3.05) is 43.4 Å². The third kappa shape index (κ3) is 5.34. The lowest BCUT2D eigenvalue weighted by Crippen LogP contribution is -2.28. The molecule has 3 heterocycles. The van der Waals surface area contributed by atoms with Gasteiger partial charge >= 0.3 is 0 Å². The largest absolute Gasteiger partial charge is 0.377 e. The second-order valence-electron chi connectivity index (χ2n) is 8.73. The number of carbonyl (C=O) groups is 1. The van der Waals surface area contributed by atoms with Crippen molar-refractivity contribution in [2.45, 2.75) is 24.2 Å². The maximum Gasteiger partial charge on any atom is 0.240 e. The fraction of sp³-hybridized carbons (Fsp3) is 0.320. The predicted octanol–water partition coefficient (Wildman–Crippen LogP) is 3.26. The van der Waals surface area contributed by atoms with Crippen LogP contribution in [0, 0.1) is 0 Å². The smallest absolute Gasteiger partial charge is 0.240 e. The molecule has 2 aliphatic heterocycles.